The number of rotatable bonds is 4. The number of nitrogens with zero attached hydrogens (tertiary/aromatic N) is 2. The van der Waals surface area contributed by atoms with Crippen LogP contribution in [0, 0.1) is 0 Å². The molecule has 0 unspecified atom stereocenters. The third kappa shape index (κ3) is 3.34. The molecular weight excluding hydrogens is 402 g/mol. The van der Waals surface area contributed by atoms with Gasteiger partial charge in [-0.1, -0.05) is 37.5 Å². The van der Waals surface area contributed by atoms with E-state index in [0.717, 1.165) is 36.6 Å². The lowest BCUT2D eigenvalue weighted by Crippen LogP contribution is -2.65. The van der Waals surface area contributed by atoms with Gasteiger partial charge in [-0.15, -0.1) is 0 Å². The number of amides is 2. The Morgan fingerprint density at radius 1 is 1.06 bits per heavy atom. The number of methoxy groups -OCH3 is 1. The number of anilines is 1. The van der Waals surface area contributed by atoms with Crippen molar-refractivity contribution in [3.05, 3.63) is 60.3 Å². The van der Waals surface area contributed by atoms with Gasteiger partial charge in [-0.3, -0.25) is 14.5 Å². The summed E-state index contributed by atoms with van der Waals surface area (Å²) in [6.07, 6.45) is 5.48. The minimum Gasteiger partial charge on any atom is -0.497 e. The van der Waals surface area contributed by atoms with Gasteiger partial charge in [-0.05, 0) is 56.2 Å². The molecule has 0 spiro atoms. The van der Waals surface area contributed by atoms with Gasteiger partial charge >= 0.3 is 0 Å². The van der Waals surface area contributed by atoms with Gasteiger partial charge in [0, 0.05) is 22.6 Å². The number of nitrogens with one attached hydrogen (secondary N) is 1. The highest BCUT2D eigenvalue weighted by molar-refractivity contribution is 6.14. The van der Waals surface area contributed by atoms with Crippen LogP contribution in [-0.2, 0) is 11.3 Å². The molecule has 2 aliphatic rings. The lowest BCUT2D eigenvalue weighted by Gasteiger charge is -2.44. The van der Waals surface area contributed by atoms with E-state index in [1.807, 2.05) is 66.1 Å². The van der Waals surface area contributed by atoms with Crippen LogP contribution in [-0.4, -0.2) is 35.1 Å². The normalized spacial score (nSPS) is 21.4. The van der Waals surface area contributed by atoms with Crippen LogP contribution < -0.4 is 15.0 Å². The van der Waals surface area contributed by atoms with Crippen molar-refractivity contribution in [3.63, 3.8) is 0 Å². The van der Waals surface area contributed by atoms with Crippen LogP contribution in [0.2, 0.25) is 0 Å². The third-order valence-corrected chi connectivity index (χ3v) is 6.95. The average Bonchev–Trinajstić information content (AvgIpc) is 3.19. The number of hydrogen-bond acceptors (Lipinski definition) is 3. The van der Waals surface area contributed by atoms with Crippen molar-refractivity contribution in [1.82, 2.24) is 9.88 Å². The fourth-order valence-corrected chi connectivity index (χ4v) is 5.17. The highest BCUT2D eigenvalue weighted by Crippen LogP contribution is 2.36. The van der Waals surface area contributed by atoms with Gasteiger partial charge in [0.2, 0.25) is 5.91 Å². The minimum atomic E-state index is -1.06. The monoisotopic (exact) mass is 431 g/mol. The van der Waals surface area contributed by atoms with Crippen LogP contribution in [0.5, 0.6) is 5.75 Å². The van der Waals surface area contributed by atoms with Crippen LogP contribution in [0.1, 0.15) is 49.5 Å². The van der Waals surface area contributed by atoms with Crippen LogP contribution in [0.3, 0.4) is 0 Å². The Kier molecular flexibility index (Phi) is 5.16. The molecule has 2 amide bonds. The zero-order valence-corrected chi connectivity index (χ0v) is 18.6. The Balaban J connectivity index is 1.60. The number of aromatic nitrogens is 1. The maximum absolute atomic E-state index is 13.8. The summed E-state index contributed by atoms with van der Waals surface area (Å²) in [5.41, 5.74) is 1.21. The summed E-state index contributed by atoms with van der Waals surface area (Å²) in [7, 11) is 1.61. The van der Waals surface area contributed by atoms with E-state index in [0.29, 0.717) is 23.7 Å². The molecule has 1 fully saturated rings. The second-order valence-corrected chi connectivity index (χ2v) is 9.10. The van der Waals surface area contributed by atoms with Crippen molar-refractivity contribution in [1.29, 1.82) is 0 Å². The fourth-order valence-electron chi connectivity index (χ4n) is 5.17. The Morgan fingerprint density at radius 3 is 2.50 bits per heavy atom. The van der Waals surface area contributed by atoms with E-state index < -0.39 is 5.54 Å². The van der Waals surface area contributed by atoms with Crippen LogP contribution in [0.4, 0.5) is 5.69 Å². The Morgan fingerprint density at radius 2 is 1.78 bits per heavy atom. The maximum atomic E-state index is 13.8. The molecule has 2 aromatic carbocycles. The van der Waals surface area contributed by atoms with Crippen molar-refractivity contribution in [2.24, 2.45) is 0 Å². The Bertz CT molecular complexity index is 1160. The fraction of sp³-hybridized carbons (Fsp3) is 0.385. The number of ether oxygens (including phenoxy) is 1. The van der Waals surface area contributed by atoms with Gasteiger partial charge in [-0.2, -0.15) is 0 Å². The van der Waals surface area contributed by atoms with Crippen molar-refractivity contribution in [2.45, 2.75) is 57.2 Å². The summed E-state index contributed by atoms with van der Waals surface area (Å²) < 4.78 is 7.29. The molecule has 1 aliphatic carbocycles. The van der Waals surface area contributed by atoms with E-state index in [1.54, 1.807) is 12.0 Å². The lowest BCUT2D eigenvalue weighted by molar-refractivity contribution is -0.127. The molecule has 166 valence electrons. The molecule has 5 rings (SSSR count). The zero-order valence-electron chi connectivity index (χ0n) is 18.6. The van der Waals surface area contributed by atoms with Gasteiger partial charge in [0.05, 0.1) is 13.7 Å². The molecule has 0 radical (unpaired) electrons. The molecule has 0 saturated heterocycles. The predicted molar refractivity (Wildman–Crippen MR) is 125 cm³/mol. The predicted octanol–water partition coefficient (Wildman–Crippen LogP) is 4.52. The first-order valence-corrected chi connectivity index (χ1v) is 11.4. The maximum Gasteiger partial charge on any atom is 0.275 e. The van der Waals surface area contributed by atoms with Crippen LogP contribution in [0.25, 0.3) is 10.9 Å². The first-order chi connectivity index (χ1) is 15.5. The summed E-state index contributed by atoms with van der Waals surface area (Å²) in [5, 5.41) is 4.27. The first kappa shape index (κ1) is 20.6. The number of carbonyl (C=O) groups is 2. The van der Waals surface area contributed by atoms with Gasteiger partial charge < -0.3 is 14.6 Å². The largest absolute Gasteiger partial charge is 0.497 e. The third-order valence-electron chi connectivity index (χ3n) is 6.95. The summed E-state index contributed by atoms with van der Waals surface area (Å²) in [4.78, 5) is 29.3. The highest BCUT2D eigenvalue weighted by atomic mass is 16.5. The molecular formula is C26H29N3O3. The number of benzene rings is 2. The highest BCUT2D eigenvalue weighted by Gasteiger charge is 2.49. The molecule has 1 saturated carbocycles. The molecule has 1 N–H and O–H groups in total. The summed E-state index contributed by atoms with van der Waals surface area (Å²) in [6, 6.07) is 17.4. The molecule has 1 atom stereocenters. The van der Waals surface area contributed by atoms with Gasteiger partial charge in [0.1, 0.15) is 17.0 Å². The van der Waals surface area contributed by atoms with Crippen molar-refractivity contribution < 1.29 is 14.3 Å². The van der Waals surface area contributed by atoms with Gasteiger partial charge in [0.25, 0.3) is 5.91 Å². The molecule has 1 aliphatic heterocycles. The van der Waals surface area contributed by atoms with E-state index in [2.05, 4.69) is 5.32 Å². The second kappa shape index (κ2) is 8.01. The second-order valence-electron chi connectivity index (χ2n) is 9.10. The number of hydrogen-bond donors (Lipinski definition) is 1. The molecule has 6 heteroatoms. The van der Waals surface area contributed by atoms with E-state index in [-0.39, 0.29) is 17.9 Å². The zero-order chi connectivity index (χ0) is 22.3. The lowest BCUT2D eigenvalue weighted by atomic mass is 9.91. The van der Waals surface area contributed by atoms with Gasteiger partial charge in [0.15, 0.2) is 0 Å². The molecule has 6 nitrogen and oxygen atoms in total. The molecule has 32 heavy (non-hydrogen) atoms. The molecule has 3 aromatic rings. The minimum absolute atomic E-state index is 0.100. The molecule has 0 bridgehead atoms. The van der Waals surface area contributed by atoms with Crippen molar-refractivity contribution in [3.8, 4) is 5.75 Å². The summed E-state index contributed by atoms with van der Waals surface area (Å²) in [6.45, 7) is 2.27. The SMILES string of the molecule is COc1ccc(N2C(=O)c3cc4ccccc4n3C[C@]2(C)C(=O)NC2CCCCC2)cc1. The summed E-state index contributed by atoms with van der Waals surface area (Å²) >= 11 is 0. The Labute approximate surface area is 188 Å². The van der Waals surface area contributed by atoms with E-state index in [9.17, 15) is 9.59 Å². The Hall–Kier alpha value is -3.28. The van der Waals surface area contributed by atoms with E-state index >= 15 is 0 Å². The summed E-state index contributed by atoms with van der Waals surface area (Å²) in [5.74, 6) is 0.441. The van der Waals surface area contributed by atoms with Crippen molar-refractivity contribution >= 4 is 28.4 Å². The average molecular weight is 432 g/mol. The quantitative estimate of drug-likeness (QED) is 0.661. The smallest absolute Gasteiger partial charge is 0.275 e. The standard InChI is InChI=1S/C26H29N3O3/c1-26(25(31)27-19-9-4-3-5-10-19)17-28-22-11-7-6-8-18(22)16-23(28)24(30)29(26)20-12-14-21(32-2)15-13-20/h6-8,11-16,19H,3-5,9-10,17H2,1-2H3,(H,27,31)/t26-/m1/s1. The van der Waals surface area contributed by atoms with Crippen LogP contribution >= 0.6 is 0 Å². The van der Waals surface area contributed by atoms with Crippen molar-refractivity contribution in [2.75, 3.05) is 12.0 Å². The number of fused-ring (bicyclic) bond motifs is 3. The topological polar surface area (TPSA) is 63.6 Å². The van der Waals surface area contributed by atoms with E-state index in [4.69, 9.17) is 4.74 Å². The van der Waals surface area contributed by atoms with Crippen LogP contribution in [0.15, 0.2) is 54.6 Å². The molecule has 1 aromatic heterocycles. The number of carbonyl (C=O) groups excluding carboxylic acids is 2. The molecule has 2 heterocycles. The number of para-hydroxylation sites is 1. The van der Waals surface area contributed by atoms with E-state index in [1.165, 1.54) is 6.42 Å². The van der Waals surface area contributed by atoms with Gasteiger partial charge in [-0.25, -0.2) is 0 Å². The first-order valence-electron chi connectivity index (χ1n) is 11.4.